The van der Waals surface area contributed by atoms with Crippen LogP contribution in [-0.2, 0) is 6.54 Å². The Hall–Kier alpha value is -3.54. The van der Waals surface area contributed by atoms with E-state index in [0.717, 1.165) is 35.0 Å². The topological polar surface area (TPSA) is 59.8 Å². The molecule has 6 heteroatoms. The van der Waals surface area contributed by atoms with Crippen molar-refractivity contribution in [3.63, 3.8) is 0 Å². The van der Waals surface area contributed by atoms with Crippen molar-refractivity contribution in [1.29, 1.82) is 0 Å². The lowest BCUT2D eigenvalue weighted by molar-refractivity contribution is 0.0954. The van der Waals surface area contributed by atoms with Crippen LogP contribution in [0.15, 0.2) is 67.0 Å². The van der Waals surface area contributed by atoms with Gasteiger partial charge >= 0.3 is 0 Å². The van der Waals surface area contributed by atoms with Gasteiger partial charge in [0.1, 0.15) is 5.82 Å². The minimum atomic E-state index is -0.306. The Balaban J connectivity index is 1.54. The van der Waals surface area contributed by atoms with Crippen molar-refractivity contribution in [2.75, 3.05) is 6.54 Å². The van der Waals surface area contributed by atoms with E-state index in [9.17, 15) is 9.18 Å². The van der Waals surface area contributed by atoms with E-state index < -0.39 is 0 Å². The molecule has 4 aromatic rings. The van der Waals surface area contributed by atoms with E-state index in [1.807, 2.05) is 48.3 Å². The molecular formula is C23H21FN4O. The number of carbonyl (C=O) groups excluding carboxylic acids is 1. The van der Waals surface area contributed by atoms with Crippen LogP contribution in [0.25, 0.3) is 22.2 Å². The zero-order valence-corrected chi connectivity index (χ0v) is 16.1. The van der Waals surface area contributed by atoms with Crippen molar-refractivity contribution in [2.24, 2.45) is 0 Å². The van der Waals surface area contributed by atoms with Gasteiger partial charge in [0, 0.05) is 30.2 Å². The summed E-state index contributed by atoms with van der Waals surface area (Å²) < 4.78 is 15.1. The predicted octanol–water partition coefficient (Wildman–Crippen LogP) is 4.37. The average molecular weight is 388 g/mol. The van der Waals surface area contributed by atoms with Crippen molar-refractivity contribution in [2.45, 2.75) is 19.9 Å². The Morgan fingerprint density at radius 2 is 1.93 bits per heavy atom. The molecule has 0 fully saturated rings. The summed E-state index contributed by atoms with van der Waals surface area (Å²) >= 11 is 0. The minimum Gasteiger partial charge on any atom is -0.352 e. The number of halogens is 1. The molecule has 2 heterocycles. The summed E-state index contributed by atoms with van der Waals surface area (Å²) in [6, 6.07) is 15.4. The summed E-state index contributed by atoms with van der Waals surface area (Å²) in [6.07, 6.45) is 4.58. The summed E-state index contributed by atoms with van der Waals surface area (Å²) in [7, 11) is 0. The van der Waals surface area contributed by atoms with Crippen molar-refractivity contribution >= 4 is 16.8 Å². The van der Waals surface area contributed by atoms with Gasteiger partial charge in [-0.1, -0.05) is 18.2 Å². The fourth-order valence-corrected chi connectivity index (χ4v) is 3.26. The Bertz CT molecular complexity index is 1150. The van der Waals surface area contributed by atoms with E-state index in [-0.39, 0.29) is 11.7 Å². The molecule has 0 bridgehead atoms. The third-order valence-corrected chi connectivity index (χ3v) is 4.71. The average Bonchev–Trinajstić information content (AvgIpc) is 3.16. The maximum atomic E-state index is 13.3. The number of para-hydroxylation sites is 1. The first-order valence-corrected chi connectivity index (χ1v) is 9.53. The summed E-state index contributed by atoms with van der Waals surface area (Å²) in [5.41, 5.74) is 3.81. The van der Waals surface area contributed by atoms with Crippen molar-refractivity contribution in [3.05, 3.63) is 83.9 Å². The highest BCUT2D eigenvalue weighted by Crippen LogP contribution is 2.25. The van der Waals surface area contributed by atoms with Crippen molar-refractivity contribution in [3.8, 4) is 11.3 Å². The zero-order valence-electron chi connectivity index (χ0n) is 16.1. The summed E-state index contributed by atoms with van der Waals surface area (Å²) in [6.45, 7) is 3.28. The number of rotatable bonds is 6. The number of nitrogens with zero attached hydrogens (tertiary/aromatic N) is 3. The highest BCUT2D eigenvalue weighted by molar-refractivity contribution is 6.07. The van der Waals surface area contributed by atoms with E-state index in [2.05, 4.69) is 15.4 Å². The molecule has 1 N–H and O–H groups in total. The number of pyridine rings is 1. The largest absolute Gasteiger partial charge is 0.352 e. The van der Waals surface area contributed by atoms with Crippen LogP contribution in [0.1, 0.15) is 22.3 Å². The van der Waals surface area contributed by atoms with E-state index in [4.69, 9.17) is 0 Å². The third kappa shape index (κ3) is 4.32. The number of nitrogens with one attached hydrogen (secondary N) is 1. The zero-order chi connectivity index (χ0) is 20.2. The molecular weight excluding hydrogens is 367 g/mol. The molecule has 0 aliphatic carbocycles. The minimum absolute atomic E-state index is 0.149. The molecule has 4 rings (SSSR count). The first-order chi connectivity index (χ1) is 14.1. The van der Waals surface area contributed by atoms with Gasteiger partial charge in [-0.25, -0.2) is 9.37 Å². The number of carbonyl (C=O) groups is 1. The molecule has 5 nitrogen and oxygen atoms in total. The maximum absolute atomic E-state index is 13.3. The Morgan fingerprint density at radius 1 is 1.14 bits per heavy atom. The van der Waals surface area contributed by atoms with E-state index in [1.54, 1.807) is 18.2 Å². The van der Waals surface area contributed by atoms with E-state index >= 15 is 0 Å². The van der Waals surface area contributed by atoms with E-state index in [1.165, 1.54) is 12.1 Å². The first-order valence-electron chi connectivity index (χ1n) is 9.53. The number of amides is 1. The number of aryl methyl sites for hydroxylation is 2. The molecule has 146 valence electrons. The molecule has 0 radical (unpaired) electrons. The number of fused-ring (bicyclic) bond motifs is 1. The highest BCUT2D eigenvalue weighted by Gasteiger charge is 2.13. The molecule has 0 saturated carbocycles. The fourth-order valence-electron chi connectivity index (χ4n) is 3.26. The van der Waals surface area contributed by atoms with Gasteiger partial charge in [0.25, 0.3) is 5.91 Å². The smallest absolute Gasteiger partial charge is 0.252 e. The van der Waals surface area contributed by atoms with Crippen LogP contribution >= 0.6 is 0 Å². The quantitative estimate of drug-likeness (QED) is 0.499. The van der Waals surface area contributed by atoms with Gasteiger partial charge in [0.2, 0.25) is 0 Å². The van der Waals surface area contributed by atoms with Gasteiger partial charge in [-0.2, -0.15) is 5.10 Å². The Kier molecular flexibility index (Phi) is 5.33. The Morgan fingerprint density at radius 3 is 2.69 bits per heavy atom. The van der Waals surface area contributed by atoms with Gasteiger partial charge < -0.3 is 5.32 Å². The fraction of sp³-hybridized carbons (Fsp3) is 0.174. The lowest BCUT2D eigenvalue weighted by Gasteiger charge is -2.11. The van der Waals surface area contributed by atoms with Crippen LogP contribution < -0.4 is 5.32 Å². The lowest BCUT2D eigenvalue weighted by Crippen LogP contribution is -2.25. The van der Waals surface area contributed by atoms with E-state index in [0.29, 0.717) is 17.8 Å². The van der Waals surface area contributed by atoms with Gasteiger partial charge in [0.05, 0.1) is 23.0 Å². The number of hydrogen-bond donors (Lipinski definition) is 1. The Labute approximate surface area is 168 Å². The second-order valence-corrected chi connectivity index (χ2v) is 6.97. The molecule has 0 atom stereocenters. The lowest BCUT2D eigenvalue weighted by atomic mass is 10.0. The van der Waals surface area contributed by atoms with Gasteiger partial charge in [-0.3, -0.25) is 9.48 Å². The molecule has 0 unspecified atom stereocenters. The van der Waals surface area contributed by atoms with Gasteiger partial charge in [0.15, 0.2) is 0 Å². The van der Waals surface area contributed by atoms with Crippen molar-refractivity contribution < 1.29 is 9.18 Å². The van der Waals surface area contributed by atoms with Crippen LogP contribution in [0.2, 0.25) is 0 Å². The van der Waals surface area contributed by atoms with Crippen LogP contribution in [-0.4, -0.2) is 27.2 Å². The monoisotopic (exact) mass is 388 g/mol. The highest BCUT2D eigenvalue weighted by atomic mass is 19.1. The molecule has 0 aliphatic rings. The first kappa shape index (κ1) is 18.8. The second-order valence-electron chi connectivity index (χ2n) is 6.97. The maximum Gasteiger partial charge on any atom is 0.252 e. The number of aromatic nitrogens is 3. The van der Waals surface area contributed by atoms with Crippen molar-refractivity contribution in [1.82, 2.24) is 20.1 Å². The van der Waals surface area contributed by atoms with Crippen LogP contribution in [0.5, 0.6) is 0 Å². The molecule has 0 aliphatic heterocycles. The summed E-state index contributed by atoms with van der Waals surface area (Å²) in [5.74, 6) is -0.455. The number of hydrogen-bond acceptors (Lipinski definition) is 3. The normalized spacial score (nSPS) is 11.0. The molecule has 0 saturated heterocycles. The molecule has 0 spiro atoms. The third-order valence-electron chi connectivity index (χ3n) is 4.71. The van der Waals surface area contributed by atoms with Crippen LogP contribution in [0, 0.1) is 12.7 Å². The molecule has 1 amide bonds. The van der Waals surface area contributed by atoms with Gasteiger partial charge in [-0.05, 0) is 55.3 Å². The SMILES string of the molecule is Cc1cnn(CCCNC(=O)c2cc(-c3ccc(F)cc3)nc3ccccc23)c1. The predicted molar refractivity (Wildman–Crippen MR) is 111 cm³/mol. The van der Waals surface area contributed by atoms with Crippen LogP contribution in [0.4, 0.5) is 4.39 Å². The summed E-state index contributed by atoms with van der Waals surface area (Å²) in [5, 5.41) is 8.03. The standard InChI is InChI=1S/C23H21FN4O/c1-16-14-26-28(15-16)12-4-11-25-23(29)20-13-22(17-7-9-18(24)10-8-17)27-21-6-3-2-5-19(20)21/h2-3,5-10,13-15H,4,11-12H2,1H3,(H,25,29). The van der Waals surface area contributed by atoms with Crippen LogP contribution in [0.3, 0.4) is 0 Å². The molecule has 2 aromatic carbocycles. The molecule has 29 heavy (non-hydrogen) atoms. The summed E-state index contributed by atoms with van der Waals surface area (Å²) in [4.78, 5) is 17.5. The number of benzene rings is 2. The van der Waals surface area contributed by atoms with Gasteiger partial charge in [-0.15, -0.1) is 0 Å². The molecule has 2 aromatic heterocycles. The second kappa shape index (κ2) is 8.22.